The minimum Gasteiger partial charge on any atom is -0.339 e. The summed E-state index contributed by atoms with van der Waals surface area (Å²) in [5, 5.41) is 1.60. The van der Waals surface area contributed by atoms with Crippen LogP contribution in [-0.2, 0) is 14.6 Å². The van der Waals surface area contributed by atoms with Gasteiger partial charge in [-0.1, -0.05) is 34.6 Å². The fourth-order valence-electron chi connectivity index (χ4n) is 2.24. The second-order valence-corrected chi connectivity index (χ2v) is 8.49. The Kier molecular flexibility index (Phi) is 3.91. The lowest BCUT2D eigenvalue weighted by Gasteiger charge is -2.26. The van der Waals surface area contributed by atoms with Crippen molar-refractivity contribution in [1.29, 1.82) is 0 Å². The smallest absolute Gasteiger partial charge is 0.223 e. The molecule has 1 rings (SSSR count). The first-order valence-electron chi connectivity index (χ1n) is 6.10. The summed E-state index contributed by atoms with van der Waals surface area (Å²) in [6.07, 6.45) is 1.16. The maximum Gasteiger partial charge on any atom is 0.223 e. The van der Waals surface area contributed by atoms with E-state index in [0.717, 1.165) is 0 Å². The van der Waals surface area contributed by atoms with Crippen LogP contribution < -0.4 is 5.32 Å². The Morgan fingerprint density at radius 3 is 2.12 bits per heavy atom. The highest BCUT2D eigenvalue weighted by molar-refractivity contribution is 7.92. The molecule has 1 heterocycles. The second-order valence-electron chi connectivity index (χ2n) is 6.17. The Bertz CT molecular complexity index is 392. The minimum absolute atomic E-state index is 0.182. The molecule has 1 amide bonds. The first kappa shape index (κ1) is 14.5. The molecule has 1 aliphatic rings. The molecule has 5 heteroatoms. The topological polar surface area (TPSA) is 63.2 Å². The van der Waals surface area contributed by atoms with Crippen molar-refractivity contribution in [3.05, 3.63) is 0 Å². The zero-order chi connectivity index (χ0) is 13.4. The molecule has 0 saturated carbocycles. The number of sulfone groups is 1. The zero-order valence-corrected chi connectivity index (χ0v) is 12.1. The highest BCUT2D eigenvalue weighted by Gasteiger charge is 2.47. The Hall–Kier alpha value is -0.580. The Morgan fingerprint density at radius 1 is 1.24 bits per heavy atom. The largest absolute Gasteiger partial charge is 0.339 e. The summed E-state index contributed by atoms with van der Waals surface area (Å²) in [5.74, 6) is -0.368. The summed E-state index contributed by atoms with van der Waals surface area (Å²) in [7, 11) is -3.25. The lowest BCUT2D eigenvalue weighted by atomic mass is 9.89. The molecule has 0 aromatic carbocycles. The van der Waals surface area contributed by atoms with E-state index in [1.165, 1.54) is 0 Å². The lowest BCUT2D eigenvalue weighted by molar-refractivity contribution is -0.124. The Balaban J connectivity index is 2.85. The SMILES string of the molecule is CC(C)C(=O)NC1CCC(C(C)(C)C)S1(=O)=O. The zero-order valence-electron chi connectivity index (χ0n) is 11.3. The van der Waals surface area contributed by atoms with Crippen LogP contribution in [0.25, 0.3) is 0 Å². The van der Waals surface area contributed by atoms with Gasteiger partial charge in [-0.15, -0.1) is 0 Å². The van der Waals surface area contributed by atoms with Crippen molar-refractivity contribution in [3.8, 4) is 0 Å². The molecule has 1 N–H and O–H groups in total. The van der Waals surface area contributed by atoms with Gasteiger partial charge in [-0.25, -0.2) is 8.42 Å². The highest BCUT2D eigenvalue weighted by atomic mass is 32.2. The summed E-state index contributed by atoms with van der Waals surface area (Å²) in [6.45, 7) is 9.32. The lowest BCUT2D eigenvalue weighted by Crippen LogP contribution is -2.43. The molecule has 0 aromatic rings. The molecular formula is C12H23NO3S. The van der Waals surface area contributed by atoms with Crippen molar-refractivity contribution in [2.24, 2.45) is 11.3 Å². The third-order valence-electron chi connectivity index (χ3n) is 3.28. The van der Waals surface area contributed by atoms with Gasteiger partial charge in [0.1, 0.15) is 5.37 Å². The van der Waals surface area contributed by atoms with Gasteiger partial charge in [-0.2, -0.15) is 0 Å². The van der Waals surface area contributed by atoms with Crippen LogP contribution in [0.5, 0.6) is 0 Å². The molecular weight excluding hydrogens is 238 g/mol. The number of rotatable bonds is 2. The number of hydrogen-bond acceptors (Lipinski definition) is 3. The van der Waals surface area contributed by atoms with Crippen molar-refractivity contribution < 1.29 is 13.2 Å². The molecule has 1 aliphatic heterocycles. The monoisotopic (exact) mass is 261 g/mol. The van der Waals surface area contributed by atoms with E-state index in [1.54, 1.807) is 13.8 Å². The highest BCUT2D eigenvalue weighted by Crippen LogP contribution is 2.37. The summed E-state index contributed by atoms with van der Waals surface area (Å²) in [6, 6.07) is 0. The van der Waals surface area contributed by atoms with Crippen LogP contribution in [0.4, 0.5) is 0 Å². The van der Waals surface area contributed by atoms with Crippen LogP contribution in [0.2, 0.25) is 0 Å². The van der Waals surface area contributed by atoms with Crippen molar-refractivity contribution >= 4 is 15.7 Å². The van der Waals surface area contributed by atoms with Gasteiger partial charge in [0.15, 0.2) is 9.84 Å². The molecule has 1 saturated heterocycles. The molecule has 17 heavy (non-hydrogen) atoms. The standard InChI is InChI=1S/C12H23NO3S/c1-8(2)11(14)13-10-7-6-9(12(3,4)5)17(10,15)16/h8-10H,6-7H2,1-5H3,(H,13,14). The third-order valence-corrected chi connectivity index (χ3v) is 6.16. The van der Waals surface area contributed by atoms with Crippen LogP contribution in [0.1, 0.15) is 47.5 Å². The second kappa shape index (κ2) is 4.59. The Morgan fingerprint density at radius 2 is 1.76 bits per heavy atom. The fraction of sp³-hybridized carbons (Fsp3) is 0.917. The summed E-state index contributed by atoms with van der Waals surface area (Å²) in [5.41, 5.74) is -0.268. The predicted molar refractivity (Wildman–Crippen MR) is 68.2 cm³/mol. The average molecular weight is 261 g/mol. The van der Waals surface area contributed by atoms with Gasteiger partial charge in [0, 0.05) is 5.92 Å². The molecule has 4 nitrogen and oxygen atoms in total. The van der Waals surface area contributed by atoms with E-state index in [-0.39, 0.29) is 22.5 Å². The molecule has 2 unspecified atom stereocenters. The van der Waals surface area contributed by atoms with E-state index in [1.807, 2.05) is 20.8 Å². The van der Waals surface area contributed by atoms with Crippen LogP contribution in [0.3, 0.4) is 0 Å². The van der Waals surface area contributed by atoms with Gasteiger partial charge >= 0.3 is 0 Å². The van der Waals surface area contributed by atoms with Gasteiger partial charge in [0.2, 0.25) is 5.91 Å². The number of hydrogen-bond donors (Lipinski definition) is 1. The van der Waals surface area contributed by atoms with Gasteiger partial charge < -0.3 is 5.32 Å². The quantitative estimate of drug-likeness (QED) is 0.823. The predicted octanol–water partition coefficient (Wildman–Crippen LogP) is 1.71. The van der Waals surface area contributed by atoms with Crippen LogP contribution in [0.15, 0.2) is 0 Å². The summed E-state index contributed by atoms with van der Waals surface area (Å²) in [4.78, 5) is 11.6. The first-order chi connectivity index (χ1) is 7.56. The summed E-state index contributed by atoms with van der Waals surface area (Å²) >= 11 is 0. The van der Waals surface area contributed by atoms with Gasteiger partial charge in [-0.3, -0.25) is 4.79 Å². The normalized spacial score (nSPS) is 28.4. The van der Waals surface area contributed by atoms with Crippen molar-refractivity contribution in [1.82, 2.24) is 5.32 Å². The molecule has 0 aromatic heterocycles. The van der Waals surface area contributed by atoms with E-state index in [9.17, 15) is 13.2 Å². The van der Waals surface area contributed by atoms with Crippen molar-refractivity contribution in [3.63, 3.8) is 0 Å². The van der Waals surface area contributed by atoms with E-state index in [0.29, 0.717) is 12.8 Å². The number of carbonyl (C=O) groups is 1. The van der Waals surface area contributed by atoms with Crippen LogP contribution in [-0.4, -0.2) is 24.9 Å². The number of carbonyl (C=O) groups excluding carboxylic acids is 1. The van der Waals surface area contributed by atoms with E-state index in [4.69, 9.17) is 0 Å². The molecule has 1 fully saturated rings. The van der Waals surface area contributed by atoms with Crippen molar-refractivity contribution in [2.75, 3.05) is 0 Å². The Labute approximate surface area is 104 Å². The minimum atomic E-state index is -3.25. The van der Waals surface area contributed by atoms with Gasteiger partial charge in [0.05, 0.1) is 5.25 Å². The maximum absolute atomic E-state index is 12.3. The van der Waals surface area contributed by atoms with E-state index >= 15 is 0 Å². The first-order valence-corrected chi connectivity index (χ1v) is 7.71. The molecule has 100 valence electrons. The fourth-order valence-corrected chi connectivity index (χ4v) is 4.83. The molecule has 0 bridgehead atoms. The number of nitrogens with one attached hydrogen (secondary N) is 1. The third kappa shape index (κ3) is 3.00. The van der Waals surface area contributed by atoms with Crippen LogP contribution in [0, 0.1) is 11.3 Å². The molecule has 0 radical (unpaired) electrons. The summed E-state index contributed by atoms with van der Waals surface area (Å²) < 4.78 is 24.6. The van der Waals surface area contributed by atoms with Gasteiger partial charge in [0.25, 0.3) is 0 Å². The average Bonchev–Trinajstić information content (AvgIpc) is 2.40. The maximum atomic E-state index is 12.3. The van der Waals surface area contributed by atoms with E-state index < -0.39 is 15.2 Å². The van der Waals surface area contributed by atoms with Crippen LogP contribution >= 0.6 is 0 Å². The number of amides is 1. The molecule has 0 aliphatic carbocycles. The van der Waals surface area contributed by atoms with Crippen molar-refractivity contribution in [2.45, 2.75) is 58.1 Å². The van der Waals surface area contributed by atoms with E-state index in [2.05, 4.69) is 5.32 Å². The molecule has 0 spiro atoms. The molecule has 2 atom stereocenters. The van der Waals surface area contributed by atoms with Gasteiger partial charge in [-0.05, 0) is 18.3 Å².